The van der Waals surface area contributed by atoms with Gasteiger partial charge in [0, 0.05) is 12.3 Å². The average Bonchev–Trinajstić information content (AvgIpc) is 2.65. The summed E-state index contributed by atoms with van der Waals surface area (Å²) in [6.45, 7) is 1.88. The van der Waals surface area contributed by atoms with Gasteiger partial charge in [-0.1, -0.05) is 6.92 Å². The lowest BCUT2D eigenvalue weighted by molar-refractivity contribution is 0.512. The van der Waals surface area contributed by atoms with Crippen molar-refractivity contribution in [3.63, 3.8) is 0 Å². The normalized spacial score (nSPS) is 23.6. The minimum Gasteiger partial charge on any atom is -0.326 e. The second kappa shape index (κ2) is 3.34. The van der Waals surface area contributed by atoms with E-state index in [0.717, 1.165) is 12.8 Å². The van der Waals surface area contributed by atoms with E-state index in [1.807, 2.05) is 6.92 Å². The molecular weight excluding hydrogens is 174 g/mol. The van der Waals surface area contributed by atoms with Crippen molar-refractivity contribution in [3.05, 3.63) is 0 Å². The molecule has 4 heteroatoms. The highest BCUT2D eigenvalue weighted by atomic mass is 32.2. The van der Waals surface area contributed by atoms with Gasteiger partial charge in [0.2, 0.25) is 0 Å². The van der Waals surface area contributed by atoms with Crippen LogP contribution in [0.5, 0.6) is 0 Å². The van der Waals surface area contributed by atoms with Gasteiger partial charge in [0.05, 0.1) is 5.25 Å². The summed E-state index contributed by atoms with van der Waals surface area (Å²) in [5, 5.41) is -0.329. The topological polar surface area (TPSA) is 60.2 Å². The lowest BCUT2D eigenvalue weighted by Gasteiger charge is -2.20. The first-order valence-electron chi connectivity index (χ1n) is 4.41. The van der Waals surface area contributed by atoms with E-state index in [9.17, 15) is 8.42 Å². The highest BCUT2D eigenvalue weighted by Gasteiger charge is 2.37. The van der Waals surface area contributed by atoms with Crippen LogP contribution in [-0.4, -0.2) is 26.0 Å². The van der Waals surface area contributed by atoms with Gasteiger partial charge in [-0.2, -0.15) is 0 Å². The Morgan fingerprint density at radius 3 is 2.25 bits per heavy atom. The second-order valence-corrected chi connectivity index (χ2v) is 5.96. The molecule has 0 bridgehead atoms. The van der Waals surface area contributed by atoms with Gasteiger partial charge in [-0.3, -0.25) is 0 Å². The molecule has 0 unspecified atom stereocenters. The number of hydrogen-bond acceptors (Lipinski definition) is 3. The second-order valence-electron chi connectivity index (χ2n) is 3.69. The van der Waals surface area contributed by atoms with Crippen LogP contribution < -0.4 is 5.73 Å². The van der Waals surface area contributed by atoms with Crippen molar-refractivity contribution in [2.24, 2.45) is 11.7 Å². The Morgan fingerprint density at radius 1 is 1.50 bits per heavy atom. The third-order valence-corrected chi connectivity index (χ3v) is 4.30. The smallest absolute Gasteiger partial charge is 0.151 e. The van der Waals surface area contributed by atoms with E-state index in [4.69, 9.17) is 5.73 Å². The van der Waals surface area contributed by atoms with Crippen LogP contribution in [0.2, 0.25) is 0 Å². The summed E-state index contributed by atoms with van der Waals surface area (Å²) in [4.78, 5) is 0. The maximum Gasteiger partial charge on any atom is 0.151 e. The molecule has 2 atom stereocenters. The molecule has 0 amide bonds. The zero-order chi connectivity index (χ0) is 9.35. The zero-order valence-corrected chi connectivity index (χ0v) is 8.47. The fourth-order valence-electron chi connectivity index (χ4n) is 1.65. The molecule has 3 nitrogen and oxygen atoms in total. The van der Waals surface area contributed by atoms with E-state index >= 15 is 0 Å². The maximum absolute atomic E-state index is 11.3. The quantitative estimate of drug-likeness (QED) is 0.706. The summed E-state index contributed by atoms with van der Waals surface area (Å²) in [6, 6.07) is -0.134. The molecule has 1 saturated carbocycles. The molecule has 72 valence electrons. The van der Waals surface area contributed by atoms with Crippen molar-refractivity contribution in [2.75, 3.05) is 6.26 Å². The minimum atomic E-state index is -2.94. The largest absolute Gasteiger partial charge is 0.326 e. The summed E-state index contributed by atoms with van der Waals surface area (Å²) in [5.41, 5.74) is 5.84. The molecule has 2 N–H and O–H groups in total. The first-order valence-corrected chi connectivity index (χ1v) is 6.36. The van der Waals surface area contributed by atoms with Crippen LogP contribution in [-0.2, 0) is 9.84 Å². The zero-order valence-electron chi connectivity index (χ0n) is 7.66. The Balaban J connectivity index is 2.67. The van der Waals surface area contributed by atoms with E-state index in [1.165, 1.54) is 6.26 Å². The molecule has 12 heavy (non-hydrogen) atoms. The first-order chi connectivity index (χ1) is 5.46. The van der Waals surface area contributed by atoms with Crippen molar-refractivity contribution in [3.8, 4) is 0 Å². The molecule has 0 aromatic heterocycles. The van der Waals surface area contributed by atoms with Crippen molar-refractivity contribution in [1.82, 2.24) is 0 Å². The fourth-order valence-corrected chi connectivity index (χ4v) is 3.04. The first kappa shape index (κ1) is 9.99. The highest BCUT2D eigenvalue weighted by molar-refractivity contribution is 7.91. The van der Waals surface area contributed by atoms with Gasteiger partial charge in [0.25, 0.3) is 0 Å². The Labute approximate surface area is 74.3 Å². The monoisotopic (exact) mass is 191 g/mol. The van der Waals surface area contributed by atoms with Gasteiger partial charge in [-0.05, 0) is 25.2 Å². The molecule has 0 aromatic carbocycles. The summed E-state index contributed by atoms with van der Waals surface area (Å²) >= 11 is 0. The number of sulfone groups is 1. The van der Waals surface area contributed by atoms with Gasteiger partial charge in [-0.15, -0.1) is 0 Å². The molecular formula is C8H17NO2S. The van der Waals surface area contributed by atoms with Crippen LogP contribution in [0, 0.1) is 5.92 Å². The van der Waals surface area contributed by atoms with Crippen LogP contribution in [0.4, 0.5) is 0 Å². The predicted octanol–water partition coefficient (Wildman–Crippen LogP) is 0.547. The lowest BCUT2D eigenvalue weighted by atomic mass is 10.1. The molecule has 1 aliphatic rings. The Bertz CT molecular complexity index is 244. The maximum atomic E-state index is 11.3. The van der Waals surface area contributed by atoms with Gasteiger partial charge >= 0.3 is 0 Å². The van der Waals surface area contributed by atoms with Crippen LogP contribution in [0.15, 0.2) is 0 Å². The van der Waals surface area contributed by atoms with E-state index in [-0.39, 0.29) is 11.3 Å². The molecule has 0 radical (unpaired) electrons. The van der Waals surface area contributed by atoms with Crippen molar-refractivity contribution in [1.29, 1.82) is 0 Å². The van der Waals surface area contributed by atoms with E-state index in [2.05, 4.69) is 0 Å². The summed E-state index contributed by atoms with van der Waals surface area (Å²) in [6.07, 6.45) is 4.13. The molecule has 0 saturated heterocycles. The molecule has 0 aromatic rings. The lowest BCUT2D eigenvalue weighted by Crippen LogP contribution is -2.41. The Kier molecular flexibility index (Phi) is 2.78. The van der Waals surface area contributed by atoms with E-state index in [1.54, 1.807) is 0 Å². The van der Waals surface area contributed by atoms with E-state index < -0.39 is 9.84 Å². The standard InChI is InChI=1S/C8H17NO2S/c1-3-7(12(2,10)11)8(9)6-4-5-6/h6-8H,3-5,9H2,1-2H3/t7-,8-/m0/s1. The van der Waals surface area contributed by atoms with Crippen molar-refractivity contribution < 1.29 is 8.42 Å². The molecule has 0 spiro atoms. The Morgan fingerprint density at radius 2 is 2.00 bits per heavy atom. The number of nitrogens with two attached hydrogens (primary N) is 1. The SMILES string of the molecule is CC[C@@H]([C@@H](N)C1CC1)S(C)(=O)=O. The molecule has 0 aliphatic heterocycles. The highest BCUT2D eigenvalue weighted by Crippen LogP contribution is 2.34. The fraction of sp³-hybridized carbons (Fsp3) is 1.00. The van der Waals surface area contributed by atoms with E-state index in [0.29, 0.717) is 12.3 Å². The third kappa shape index (κ3) is 2.20. The number of rotatable bonds is 4. The average molecular weight is 191 g/mol. The predicted molar refractivity (Wildman–Crippen MR) is 49.6 cm³/mol. The Hall–Kier alpha value is -0.0900. The van der Waals surface area contributed by atoms with Gasteiger partial charge in [-0.25, -0.2) is 8.42 Å². The van der Waals surface area contributed by atoms with Crippen molar-refractivity contribution in [2.45, 2.75) is 37.5 Å². The molecule has 1 rings (SSSR count). The van der Waals surface area contributed by atoms with Crippen LogP contribution in [0.1, 0.15) is 26.2 Å². The van der Waals surface area contributed by atoms with Crippen LogP contribution in [0.25, 0.3) is 0 Å². The van der Waals surface area contributed by atoms with Crippen LogP contribution >= 0.6 is 0 Å². The van der Waals surface area contributed by atoms with Gasteiger partial charge in [0.15, 0.2) is 9.84 Å². The molecule has 1 fully saturated rings. The van der Waals surface area contributed by atoms with Crippen molar-refractivity contribution >= 4 is 9.84 Å². The van der Waals surface area contributed by atoms with Gasteiger partial charge in [0.1, 0.15) is 0 Å². The molecule has 0 heterocycles. The summed E-state index contributed by atoms with van der Waals surface area (Å²) in [5.74, 6) is 0.463. The summed E-state index contributed by atoms with van der Waals surface area (Å²) in [7, 11) is -2.94. The van der Waals surface area contributed by atoms with Gasteiger partial charge < -0.3 is 5.73 Å². The number of hydrogen-bond donors (Lipinski definition) is 1. The minimum absolute atomic E-state index is 0.134. The summed E-state index contributed by atoms with van der Waals surface area (Å²) < 4.78 is 22.5. The van der Waals surface area contributed by atoms with Crippen LogP contribution in [0.3, 0.4) is 0 Å². The third-order valence-electron chi connectivity index (χ3n) is 2.55. The molecule has 1 aliphatic carbocycles.